The maximum atomic E-state index is 2.69. The van der Waals surface area contributed by atoms with E-state index >= 15 is 0 Å². The second-order valence-electron chi connectivity index (χ2n) is 8.39. The number of halogens is 1. The molecule has 2 nitrogen and oxygen atoms in total. The topological polar surface area (TPSA) is 3.24 Å². The number of hydrogen-bond acceptors (Lipinski definition) is 1. The first-order chi connectivity index (χ1) is 11.0. The number of nitrogens with zero attached hydrogens (tertiary/aromatic N) is 2. The monoisotopic (exact) mass is 406 g/mol. The molecule has 0 N–H and O–H groups in total. The predicted molar refractivity (Wildman–Crippen MR) is 106 cm³/mol. The molecule has 148 valence electrons. The fourth-order valence-corrected chi connectivity index (χ4v) is 3.24. The highest BCUT2D eigenvalue weighted by Gasteiger charge is 2.09. The molecule has 0 radical (unpaired) electrons. The van der Waals surface area contributed by atoms with E-state index in [-0.39, 0.29) is 17.0 Å². The van der Waals surface area contributed by atoms with Gasteiger partial charge in [0.15, 0.2) is 0 Å². The Morgan fingerprint density at radius 2 is 1.00 bits per heavy atom. The van der Waals surface area contributed by atoms with Crippen molar-refractivity contribution in [2.45, 2.75) is 90.9 Å². The molecule has 0 fully saturated rings. The summed E-state index contributed by atoms with van der Waals surface area (Å²) in [6, 6.07) is 0. The van der Waals surface area contributed by atoms with Crippen LogP contribution in [0.5, 0.6) is 0 Å². The van der Waals surface area contributed by atoms with Gasteiger partial charge in [-0.3, -0.25) is 0 Å². The molecule has 0 unspecified atom stereocenters. The summed E-state index contributed by atoms with van der Waals surface area (Å²) in [6.07, 6.45) is 17.0. The fraction of sp³-hybridized carbons (Fsp3) is 1.00. The maximum absolute atomic E-state index is 2.69. The number of unbranched alkanes of at least 4 members (excludes halogenated alkanes) is 9. The third-order valence-electron chi connectivity index (χ3n) is 4.67. The molecule has 0 bridgehead atoms. The molecule has 0 atom stereocenters. The minimum Gasteiger partial charge on any atom is -1.00 e. The zero-order valence-corrected chi connectivity index (χ0v) is 19.2. The Balaban J connectivity index is 0. The molecule has 0 aliphatic heterocycles. The van der Waals surface area contributed by atoms with Crippen LogP contribution >= 0.6 is 0 Å². The first-order valence-corrected chi connectivity index (χ1v) is 10.5. The lowest BCUT2D eigenvalue weighted by atomic mass is 10.1. The zero-order valence-electron chi connectivity index (χ0n) is 17.6. The van der Waals surface area contributed by atoms with Crippen LogP contribution in [0.25, 0.3) is 0 Å². The van der Waals surface area contributed by atoms with E-state index in [0.29, 0.717) is 0 Å². The van der Waals surface area contributed by atoms with Crippen molar-refractivity contribution in [3.05, 3.63) is 0 Å². The molecule has 0 aromatic rings. The fourth-order valence-electron chi connectivity index (χ4n) is 3.24. The molecule has 0 aliphatic rings. The van der Waals surface area contributed by atoms with Gasteiger partial charge in [-0.15, -0.1) is 0 Å². The summed E-state index contributed by atoms with van der Waals surface area (Å²) < 4.78 is 1.10. The van der Waals surface area contributed by atoms with Gasteiger partial charge in [0.05, 0.1) is 27.7 Å². The van der Waals surface area contributed by atoms with Gasteiger partial charge in [-0.2, -0.15) is 0 Å². The Morgan fingerprint density at radius 3 is 1.46 bits per heavy atom. The number of rotatable bonds is 17. The SMILES string of the molecule is CCCCCCCCCCCCN(CCC)CCC[N+](C)(C)C.[Br-]. The van der Waals surface area contributed by atoms with Crippen molar-refractivity contribution in [3.63, 3.8) is 0 Å². The van der Waals surface area contributed by atoms with Crippen molar-refractivity contribution < 1.29 is 21.5 Å². The Hall–Kier alpha value is 0.400. The average molecular weight is 408 g/mol. The molecule has 0 heterocycles. The summed E-state index contributed by atoms with van der Waals surface area (Å²) in [6.45, 7) is 9.80. The van der Waals surface area contributed by atoms with Gasteiger partial charge >= 0.3 is 0 Å². The van der Waals surface area contributed by atoms with Gasteiger partial charge in [0.25, 0.3) is 0 Å². The van der Waals surface area contributed by atoms with Crippen molar-refractivity contribution >= 4 is 0 Å². The van der Waals surface area contributed by atoms with Crippen LogP contribution in [-0.2, 0) is 0 Å². The van der Waals surface area contributed by atoms with Crippen LogP contribution in [0.15, 0.2) is 0 Å². The molecule has 0 saturated heterocycles. The average Bonchev–Trinajstić information content (AvgIpc) is 2.48. The van der Waals surface area contributed by atoms with E-state index in [9.17, 15) is 0 Å². The van der Waals surface area contributed by atoms with Gasteiger partial charge in [0, 0.05) is 13.0 Å². The van der Waals surface area contributed by atoms with E-state index in [2.05, 4.69) is 39.9 Å². The van der Waals surface area contributed by atoms with Gasteiger partial charge in [-0.05, 0) is 25.9 Å². The molecule has 24 heavy (non-hydrogen) atoms. The summed E-state index contributed by atoms with van der Waals surface area (Å²) in [5.41, 5.74) is 0. The molecule has 0 spiro atoms. The zero-order chi connectivity index (χ0) is 17.4. The van der Waals surface area contributed by atoms with E-state index in [0.717, 1.165) is 4.48 Å². The normalized spacial score (nSPS) is 11.8. The molecule has 0 saturated carbocycles. The van der Waals surface area contributed by atoms with Crippen LogP contribution in [0.2, 0.25) is 0 Å². The van der Waals surface area contributed by atoms with Crippen LogP contribution in [0, 0.1) is 0 Å². The predicted octanol–water partition coefficient (Wildman–Crippen LogP) is 2.72. The van der Waals surface area contributed by atoms with Crippen molar-refractivity contribution in [3.8, 4) is 0 Å². The Bertz CT molecular complexity index is 238. The smallest absolute Gasteiger partial charge is 0.0792 e. The van der Waals surface area contributed by atoms with E-state index in [1.807, 2.05) is 0 Å². The number of quaternary nitrogens is 1. The van der Waals surface area contributed by atoms with Crippen molar-refractivity contribution in [2.75, 3.05) is 47.3 Å². The summed E-state index contributed by atoms with van der Waals surface area (Å²) in [7, 11) is 6.89. The highest BCUT2D eigenvalue weighted by Crippen LogP contribution is 2.11. The summed E-state index contributed by atoms with van der Waals surface area (Å²) >= 11 is 0. The van der Waals surface area contributed by atoms with Crippen LogP contribution in [0.3, 0.4) is 0 Å². The van der Waals surface area contributed by atoms with Crippen LogP contribution in [0.4, 0.5) is 0 Å². The lowest BCUT2D eigenvalue weighted by Crippen LogP contribution is -3.00. The van der Waals surface area contributed by atoms with Gasteiger partial charge in [-0.25, -0.2) is 0 Å². The second-order valence-corrected chi connectivity index (χ2v) is 8.39. The summed E-state index contributed by atoms with van der Waals surface area (Å²) in [4.78, 5) is 2.69. The van der Waals surface area contributed by atoms with Crippen molar-refractivity contribution in [1.82, 2.24) is 4.90 Å². The molecule has 3 heteroatoms. The van der Waals surface area contributed by atoms with Crippen molar-refractivity contribution in [1.29, 1.82) is 0 Å². The summed E-state index contributed by atoms with van der Waals surface area (Å²) in [5, 5.41) is 0. The molecule has 0 rings (SSSR count). The molecular weight excluding hydrogens is 360 g/mol. The number of hydrogen-bond donors (Lipinski definition) is 0. The lowest BCUT2D eigenvalue weighted by molar-refractivity contribution is -0.870. The van der Waals surface area contributed by atoms with Gasteiger partial charge in [-0.1, -0.05) is 71.6 Å². The first kappa shape index (κ1) is 26.6. The van der Waals surface area contributed by atoms with Crippen LogP contribution < -0.4 is 17.0 Å². The van der Waals surface area contributed by atoms with E-state index < -0.39 is 0 Å². The quantitative estimate of drug-likeness (QED) is 0.265. The molecule has 0 aromatic heterocycles. The molecule has 0 aliphatic carbocycles. The Kier molecular flexibility index (Phi) is 20.2. The standard InChI is InChI=1S/C21H47N2.BrH/c1-6-8-9-10-11-12-13-14-15-16-19-22(18-7-2)20-17-21-23(3,4)5;/h6-21H2,1-5H3;1H/q+1;/p-1. The van der Waals surface area contributed by atoms with Gasteiger partial charge in [0.2, 0.25) is 0 Å². The molecule has 0 aromatic carbocycles. The highest BCUT2D eigenvalue weighted by atomic mass is 79.9. The minimum absolute atomic E-state index is 0. The largest absolute Gasteiger partial charge is 1.00 e. The third kappa shape index (κ3) is 20.4. The summed E-state index contributed by atoms with van der Waals surface area (Å²) in [5.74, 6) is 0. The van der Waals surface area contributed by atoms with Gasteiger partial charge < -0.3 is 26.4 Å². The molecular formula is C21H47BrN2. The minimum atomic E-state index is 0. The van der Waals surface area contributed by atoms with Crippen LogP contribution in [0.1, 0.15) is 90.9 Å². The van der Waals surface area contributed by atoms with E-state index in [4.69, 9.17) is 0 Å². The second kappa shape index (κ2) is 18.2. The highest BCUT2D eigenvalue weighted by molar-refractivity contribution is 4.58. The van der Waals surface area contributed by atoms with Crippen molar-refractivity contribution in [2.24, 2.45) is 0 Å². The Morgan fingerprint density at radius 1 is 0.542 bits per heavy atom. The lowest BCUT2D eigenvalue weighted by Gasteiger charge is -2.27. The third-order valence-corrected chi connectivity index (χ3v) is 4.67. The van der Waals surface area contributed by atoms with Crippen LogP contribution in [-0.4, -0.2) is 56.7 Å². The van der Waals surface area contributed by atoms with Gasteiger partial charge in [0.1, 0.15) is 0 Å². The Labute approximate surface area is 164 Å². The van der Waals surface area contributed by atoms with E-state index in [1.54, 1.807) is 0 Å². The maximum Gasteiger partial charge on any atom is 0.0792 e. The first-order valence-electron chi connectivity index (χ1n) is 10.5. The molecule has 0 amide bonds. The van der Waals surface area contributed by atoms with E-state index in [1.165, 1.54) is 103 Å².